The molecule has 0 atom stereocenters. The van der Waals surface area contributed by atoms with Gasteiger partial charge in [-0.2, -0.15) is 0 Å². The molecule has 0 spiro atoms. The number of carbonyl (C=O) groups is 2. The number of hydrogen-bond donors (Lipinski definition) is 2. The molecule has 0 fully saturated rings. The first kappa shape index (κ1) is 17.6. The van der Waals surface area contributed by atoms with E-state index in [0.29, 0.717) is 18.7 Å². The molecule has 0 radical (unpaired) electrons. The van der Waals surface area contributed by atoms with Crippen LogP contribution >= 0.6 is 0 Å². The van der Waals surface area contributed by atoms with Gasteiger partial charge < -0.3 is 19.6 Å². The van der Waals surface area contributed by atoms with E-state index >= 15 is 0 Å². The maximum Gasteiger partial charge on any atom is 0.311 e. The van der Waals surface area contributed by atoms with E-state index in [9.17, 15) is 9.59 Å². The topological polar surface area (TPSA) is 88.8 Å². The third-order valence-electron chi connectivity index (χ3n) is 3.44. The third-order valence-corrected chi connectivity index (χ3v) is 3.44. The molecule has 6 nitrogen and oxygen atoms in total. The van der Waals surface area contributed by atoms with Crippen molar-refractivity contribution in [1.82, 2.24) is 5.32 Å². The molecule has 6 heteroatoms. The van der Waals surface area contributed by atoms with E-state index in [1.807, 2.05) is 26.0 Å². The lowest BCUT2D eigenvalue weighted by molar-refractivity contribution is -0.136. The Hall–Kier alpha value is -2.76. The highest BCUT2D eigenvalue weighted by Gasteiger charge is 2.20. The summed E-state index contributed by atoms with van der Waals surface area (Å²) < 4.78 is 10.8. The van der Waals surface area contributed by atoms with Crippen molar-refractivity contribution >= 4 is 11.9 Å². The van der Waals surface area contributed by atoms with Crippen LogP contribution in [0, 0.1) is 20.8 Å². The number of benzene rings is 1. The summed E-state index contributed by atoms with van der Waals surface area (Å²) in [4.78, 5) is 23.0. The lowest BCUT2D eigenvalue weighted by atomic mass is 10.1. The fraction of sp³-hybridized carbons (Fsp3) is 0.333. The Morgan fingerprint density at radius 3 is 2.46 bits per heavy atom. The van der Waals surface area contributed by atoms with Crippen molar-refractivity contribution in [3.05, 3.63) is 52.5 Å². The molecule has 0 bridgehead atoms. The summed E-state index contributed by atoms with van der Waals surface area (Å²) in [5.74, 6) is -0.487. The maximum absolute atomic E-state index is 12.2. The number of carboxylic acids is 1. The van der Waals surface area contributed by atoms with Crippen LogP contribution in [0.1, 0.15) is 32.8 Å². The average molecular weight is 331 g/mol. The van der Waals surface area contributed by atoms with Gasteiger partial charge in [0.2, 0.25) is 0 Å². The van der Waals surface area contributed by atoms with Crippen LogP contribution in [-0.2, 0) is 11.2 Å². The van der Waals surface area contributed by atoms with Gasteiger partial charge in [0.05, 0.1) is 18.4 Å². The molecular weight excluding hydrogens is 310 g/mol. The predicted molar refractivity (Wildman–Crippen MR) is 88.5 cm³/mol. The zero-order valence-electron chi connectivity index (χ0n) is 14.0. The van der Waals surface area contributed by atoms with E-state index in [2.05, 4.69) is 11.4 Å². The second-order valence-corrected chi connectivity index (χ2v) is 5.72. The maximum atomic E-state index is 12.2. The summed E-state index contributed by atoms with van der Waals surface area (Å²) in [5, 5.41) is 11.6. The van der Waals surface area contributed by atoms with E-state index in [1.165, 1.54) is 6.26 Å². The van der Waals surface area contributed by atoms with Gasteiger partial charge in [0.25, 0.3) is 5.91 Å². The zero-order valence-corrected chi connectivity index (χ0v) is 14.0. The Morgan fingerprint density at radius 2 is 1.83 bits per heavy atom. The monoisotopic (exact) mass is 331 g/mol. The van der Waals surface area contributed by atoms with Gasteiger partial charge in [0, 0.05) is 5.56 Å². The van der Waals surface area contributed by atoms with Gasteiger partial charge in [-0.25, -0.2) is 0 Å². The molecule has 0 saturated carbocycles. The number of hydrogen-bond acceptors (Lipinski definition) is 4. The molecule has 24 heavy (non-hydrogen) atoms. The van der Waals surface area contributed by atoms with Gasteiger partial charge in [0.15, 0.2) is 0 Å². The number of ether oxygens (including phenoxy) is 1. The zero-order chi connectivity index (χ0) is 17.7. The number of carbonyl (C=O) groups excluding carboxylic acids is 1. The second kappa shape index (κ2) is 7.68. The number of rotatable bonds is 7. The Balaban J connectivity index is 1.89. The average Bonchev–Trinajstić information content (AvgIpc) is 2.82. The number of aryl methyl sites for hydroxylation is 3. The summed E-state index contributed by atoms with van der Waals surface area (Å²) in [5.41, 5.74) is 3.12. The number of furan rings is 1. The van der Waals surface area contributed by atoms with Gasteiger partial charge >= 0.3 is 5.97 Å². The standard InChI is InChI=1S/C18H21NO5/c1-11-6-12(2)8-14(7-11)23-5-4-19-18(22)17-13(3)10-24-15(17)9-16(20)21/h6-8,10H,4-5,9H2,1-3H3,(H,19,22)(H,20,21). The molecule has 1 aromatic heterocycles. The lowest BCUT2D eigenvalue weighted by Gasteiger charge is -2.09. The molecule has 0 saturated heterocycles. The largest absolute Gasteiger partial charge is 0.492 e. The first-order chi connectivity index (χ1) is 11.4. The summed E-state index contributed by atoms with van der Waals surface area (Å²) in [6.07, 6.45) is 1.06. The molecule has 0 aliphatic heterocycles. The van der Waals surface area contributed by atoms with Gasteiger partial charge in [0.1, 0.15) is 24.5 Å². The summed E-state index contributed by atoms with van der Waals surface area (Å²) in [6, 6.07) is 5.92. The first-order valence-corrected chi connectivity index (χ1v) is 7.65. The Labute approximate surface area is 140 Å². The van der Waals surface area contributed by atoms with Crippen molar-refractivity contribution in [1.29, 1.82) is 0 Å². The van der Waals surface area contributed by atoms with Crippen LogP contribution in [0.5, 0.6) is 5.75 Å². The SMILES string of the molecule is Cc1cc(C)cc(OCCNC(=O)c2c(C)coc2CC(=O)O)c1. The van der Waals surface area contributed by atoms with Gasteiger partial charge in [-0.05, 0) is 44.0 Å². The molecule has 1 aromatic carbocycles. The van der Waals surface area contributed by atoms with Crippen molar-refractivity contribution in [3.8, 4) is 5.75 Å². The molecule has 0 aliphatic rings. The highest BCUT2D eigenvalue weighted by atomic mass is 16.5. The lowest BCUT2D eigenvalue weighted by Crippen LogP contribution is -2.29. The van der Waals surface area contributed by atoms with Crippen LogP contribution in [0.3, 0.4) is 0 Å². The first-order valence-electron chi connectivity index (χ1n) is 7.65. The highest BCUT2D eigenvalue weighted by Crippen LogP contribution is 2.18. The van der Waals surface area contributed by atoms with Crippen LogP contribution in [0.2, 0.25) is 0 Å². The molecule has 0 aliphatic carbocycles. The molecule has 2 rings (SSSR count). The van der Waals surface area contributed by atoms with E-state index in [4.69, 9.17) is 14.3 Å². The predicted octanol–water partition coefficient (Wildman–Crippen LogP) is 2.64. The van der Waals surface area contributed by atoms with Crippen molar-refractivity contribution < 1.29 is 23.8 Å². The molecule has 128 valence electrons. The highest BCUT2D eigenvalue weighted by molar-refractivity contribution is 5.97. The van der Waals surface area contributed by atoms with Crippen molar-refractivity contribution in [3.63, 3.8) is 0 Å². The van der Waals surface area contributed by atoms with E-state index in [0.717, 1.165) is 16.9 Å². The van der Waals surface area contributed by atoms with E-state index in [1.54, 1.807) is 6.92 Å². The fourth-order valence-corrected chi connectivity index (χ4v) is 2.51. The Bertz CT molecular complexity index is 728. The number of amides is 1. The molecular formula is C18H21NO5. The third kappa shape index (κ3) is 4.62. The Morgan fingerprint density at radius 1 is 1.17 bits per heavy atom. The van der Waals surface area contributed by atoms with Crippen LogP contribution in [0.25, 0.3) is 0 Å². The molecule has 2 N–H and O–H groups in total. The van der Waals surface area contributed by atoms with E-state index < -0.39 is 5.97 Å². The van der Waals surface area contributed by atoms with Crippen molar-refractivity contribution in [2.75, 3.05) is 13.2 Å². The second-order valence-electron chi connectivity index (χ2n) is 5.72. The van der Waals surface area contributed by atoms with Crippen LogP contribution in [0.15, 0.2) is 28.9 Å². The quantitative estimate of drug-likeness (QED) is 0.761. The smallest absolute Gasteiger partial charge is 0.311 e. The summed E-state index contributed by atoms with van der Waals surface area (Å²) in [7, 11) is 0. The normalized spacial score (nSPS) is 10.5. The minimum atomic E-state index is -1.04. The number of aliphatic carboxylic acids is 1. The van der Waals surface area contributed by atoms with Crippen LogP contribution < -0.4 is 10.1 Å². The number of nitrogens with one attached hydrogen (secondary N) is 1. The van der Waals surface area contributed by atoms with Gasteiger partial charge in [-0.3, -0.25) is 9.59 Å². The Kier molecular flexibility index (Phi) is 5.63. The van der Waals surface area contributed by atoms with Crippen molar-refractivity contribution in [2.45, 2.75) is 27.2 Å². The molecule has 2 aromatic rings. The minimum Gasteiger partial charge on any atom is -0.492 e. The van der Waals surface area contributed by atoms with Crippen LogP contribution in [-0.4, -0.2) is 30.1 Å². The molecule has 1 heterocycles. The van der Waals surface area contributed by atoms with Crippen molar-refractivity contribution in [2.24, 2.45) is 0 Å². The minimum absolute atomic E-state index is 0.160. The molecule has 0 unspecified atom stereocenters. The number of carboxylic acid groups (broad SMARTS) is 1. The van der Waals surface area contributed by atoms with Gasteiger partial charge in [-0.1, -0.05) is 6.07 Å². The molecule has 1 amide bonds. The summed E-state index contributed by atoms with van der Waals surface area (Å²) >= 11 is 0. The fourth-order valence-electron chi connectivity index (χ4n) is 2.51. The van der Waals surface area contributed by atoms with E-state index in [-0.39, 0.29) is 23.7 Å². The summed E-state index contributed by atoms with van der Waals surface area (Å²) in [6.45, 7) is 6.32. The van der Waals surface area contributed by atoms with Gasteiger partial charge in [-0.15, -0.1) is 0 Å². The van der Waals surface area contributed by atoms with Crippen LogP contribution in [0.4, 0.5) is 0 Å².